The zero-order valence-corrected chi connectivity index (χ0v) is 17.9. The van der Waals surface area contributed by atoms with Crippen molar-refractivity contribution in [3.05, 3.63) is 64.1 Å². The number of nitrogens with two attached hydrogens (primary N) is 1. The van der Waals surface area contributed by atoms with E-state index in [1.165, 1.54) is 18.2 Å². The number of pyridine rings is 1. The van der Waals surface area contributed by atoms with E-state index in [9.17, 15) is 31.5 Å². The van der Waals surface area contributed by atoms with Gasteiger partial charge in [0.25, 0.3) is 5.56 Å². The molecule has 3 N–H and O–H groups in total. The standard InChI is InChI=1S/C22H19F5N4O3/c1-21(2,19(28)33)9-11-3-5-14(22(25,26)27)13(7-11)18-30-16(8-17(32)31-18)15-6-4-12(10-29-15)34-20(23)24/h3-8,10,20H,9H2,1-2H3,(H2,28,33)(H,30,31,32). The van der Waals surface area contributed by atoms with E-state index in [1.54, 1.807) is 13.8 Å². The smallest absolute Gasteiger partial charge is 0.417 e. The maximum absolute atomic E-state index is 13.7. The van der Waals surface area contributed by atoms with Gasteiger partial charge >= 0.3 is 12.8 Å². The van der Waals surface area contributed by atoms with Gasteiger partial charge in [-0.2, -0.15) is 22.0 Å². The molecule has 0 saturated heterocycles. The van der Waals surface area contributed by atoms with Crippen molar-refractivity contribution in [2.24, 2.45) is 11.1 Å². The maximum Gasteiger partial charge on any atom is 0.417 e. The van der Waals surface area contributed by atoms with Crippen LogP contribution in [0.1, 0.15) is 25.0 Å². The number of carbonyl (C=O) groups is 1. The molecule has 0 radical (unpaired) electrons. The maximum atomic E-state index is 13.7. The Bertz CT molecular complexity index is 1250. The number of rotatable bonds is 7. The molecule has 0 bridgehead atoms. The lowest BCUT2D eigenvalue weighted by Crippen LogP contribution is -2.33. The number of halogens is 5. The third-order valence-electron chi connectivity index (χ3n) is 4.92. The van der Waals surface area contributed by atoms with Gasteiger partial charge in [-0.15, -0.1) is 0 Å². The second-order valence-electron chi connectivity index (χ2n) is 8.04. The van der Waals surface area contributed by atoms with E-state index in [0.29, 0.717) is 5.56 Å². The molecule has 7 nitrogen and oxygen atoms in total. The van der Waals surface area contributed by atoms with E-state index in [1.807, 2.05) is 0 Å². The topological polar surface area (TPSA) is 111 Å². The first-order chi connectivity index (χ1) is 15.8. The fourth-order valence-corrected chi connectivity index (χ4v) is 3.16. The Morgan fingerprint density at radius 2 is 1.82 bits per heavy atom. The number of nitrogens with zero attached hydrogens (tertiary/aromatic N) is 2. The molecule has 3 rings (SSSR count). The molecule has 0 atom stereocenters. The number of amides is 1. The number of aromatic nitrogens is 3. The minimum absolute atomic E-state index is 0.0462. The van der Waals surface area contributed by atoms with Gasteiger partial charge in [-0.05, 0) is 36.2 Å². The Labute approximate surface area is 189 Å². The first-order valence-corrected chi connectivity index (χ1v) is 9.79. The van der Waals surface area contributed by atoms with Crippen molar-refractivity contribution < 1.29 is 31.5 Å². The van der Waals surface area contributed by atoms with Gasteiger partial charge in [-0.1, -0.05) is 19.9 Å². The summed E-state index contributed by atoms with van der Waals surface area (Å²) in [5.41, 5.74) is 2.44. The van der Waals surface area contributed by atoms with Gasteiger partial charge < -0.3 is 15.5 Å². The Balaban J connectivity index is 2.11. The molecular weight excluding hydrogens is 463 g/mol. The summed E-state index contributed by atoms with van der Waals surface area (Å²) in [4.78, 5) is 34.2. The van der Waals surface area contributed by atoms with Crippen LogP contribution in [0.3, 0.4) is 0 Å². The molecule has 0 saturated carbocycles. The van der Waals surface area contributed by atoms with E-state index in [-0.39, 0.29) is 29.4 Å². The van der Waals surface area contributed by atoms with E-state index >= 15 is 0 Å². The second kappa shape index (κ2) is 9.20. The van der Waals surface area contributed by atoms with Crippen LogP contribution in [0.2, 0.25) is 0 Å². The quantitative estimate of drug-likeness (QED) is 0.491. The third-order valence-corrected chi connectivity index (χ3v) is 4.92. The Morgan fingerprint density at radius 1 is 1.12 bits per heavy atom. The second-order valence-corrected chi connectivity index (χ2v) is 8.04. The lowest BCUT2D eigenvalue weighted by Gasteiger charge is -2.21. The lowest BCUT2D eigenvalue weighted by atomic mass is 9.84. The van der Waals surface area contributed by atoms with Crippen LogP contribution in [-0.4, -0.2) is 27.5 Å². The predicted molar refractivity (Wildman–Crippen MR) is 112 cm³/mol. The van der Waals surface area contributed by atoms with Crippen molar-refractivity contribution in [3.8, 4) is 28.5 Å². The first-order valence-electron chi connectivity index (χ1n) is 9.79. The van der Waals surface area contributed by atoms with E-state index < -0.39 is 40.8 Å². The van der Waals surface area contributed by atoms with Gasteiger partial charge in [0, 0.05) is 17.0 Å². The summed E-state index contributed by atoms with van der Waals surface area (Å²) in [6, 6.07) is 6.64. The third kappa shape index (κ3) is 5.74. The summed E-state index contributed by atoms with van der Waals surface area (Å²) in [5, 5.41) is 0. The monoisotopic (exact) mass is 482 g/mol. The van der Waals surface area contributed by atoms with Crippen LogP contribution in [0, 0.1) is 5.41 Å². The van der Waals surface area contributed by atoms with Crippen molar-refractivity contribution in [2.75, 3.05) is 0 Å². The van der Waals surface area contributed by atoms with Crippen LogP contribution in [0.5, 0.6) is 5.75 Å². The van der Waals surface area contributed by atoms with Crippen molar-refractivity contribution in [1.82, 2.24) is 15.0 Å². The number of ether oxygens (including phenoxy) is 1. The number of H-pyrrole nitrogens is 1. The molecule has 0 spiro atoms. The number of carbonyl (C=O) groups excluding carboxylic acids is 1. The Morgan fingerprint density at radius 3 is 2.38 bits per heavy atom. The van der Waals surface area contributed by atoms with Crippen LogP contribution in [0.4, 0.5) is 22.0 Å². The summed E-state index contributed by atoms with van der Waals surface area (Å²) in [6.45, 7) is 0.0469. The van der Waals surface area contributed by atoms with Crippen molar-refractivity contribution in [1.29, 1.82) is 0 Å². The molecule has 3 aromatic rings. The molecule has 2 heterocycles. The molecule has 0 aliphatic heterocycles. The fourth-order valence-electron chi connectivity index (χ4n) is 3.16. The zero-order chi connectivity index (χ0) is 25.3. The largest absolute Gasteiger partial charge is 0.433 e. The lowest BCUT2D eigenvalue weighted by molar-refractivity contribution is -0.137. The van der Waals surface area contributed by atoms with E-state index in [2.05, 4.69) is 19.7 Å². The summed E-state index contributed by atoms with van der Waals surface area (Å²) >= 11 is 0. The summed E-state index contributed by atoms with van der Waals surface area (Å²) in [7, 11) is 0. The molecule has 0 aliphatic carbocycles. The number of aromatic amines is 1. The molecule has 2 aromatic heterocycles. The van der Waals surface area contributed by atoms with Gasteiger partial charge in [0.05, 0.1) is 23.1 Å². The fraction of sp³-hybridized carbons (Fsp3) is 0.273. The van der Waals surface area contributed by atoms with Gasteiger partial charge in [-0.3, -0.25) is 14.6 Å². The Hall–Kier alpha value is -3.83. The minimum Gasteiger partial charge on any atom is -0.433 e. The number of nitrogens with one attached hydrogen (secondary N) is 1. The molecule has 180 valence electrons. The highest BCUT2D eigenvalue weighted by atomic mass is 19.4. The molecule has 0 aliphatic rings. The minimum atomic E-state index is -4.77. The molecule has 34 heavy (non-hydrogen) atoms. The number of alkyl halides is 5. The average molecular weight is 482 g/mol. The average Bonchev–Trinajstić information content (AvgIpc) is 2.72. The zero-order valence-electron chi connectivity index (χ0n) is 17.9. The number of hydrogen-bond acceptors (Lipinski definition) is 5. The molecule has 1 aromatic carbocycles. The number of benzene rings is 1. The van der Waals surface area contributed by atoms with Crippen LogP contribution < -0.4 is 16.0 Å². The van der Waals surface area contributed by atoms with Crippen molar-refractivity contribution >= 4 is 5.91 Å². The van der Waals surface area contributed by atoms with Crippen molar-refractivity contribution in [2.45, 2.75) is 33.1 Å². The highest BCUT2D eigenvalue weighted by Gasteiger charge is 2.35. The van der Waals surface area contributed by atoms with E-state index in [0.717, 1.165) is 24.4 Å². The van der Waals surface area contributed by atoms with E-state index in [4.69, 9.17) is 5.73 Å². The normalized spacial score (nSPS) is 12.1. The molecule has 0 unspecified atom stereocenters. The molecular formula is C22H19F5N4O3. The van der Waals surface area contributed by atoms with Crippen LogP contribution in [0.15, 0.2) is 47.4 Å². The number of primary amides is 1. The molecule has 12 heteroatoms. The summed E-state index contributed by atoms with van der Waals surface area (Å²) in [6.07, 6.45) is -3.75. The number of hydrogen-bond donors (Lipinski definition) is 2. The van der Waals surface area contributed by atoms with Crippen LogP contribution in [0.25, 0.3) is 22.8 Å². The highest BCUT2D eigenvalue weighted by molar-refractivity contribution is 5.80. The molecule has 1 amide bonds. The van der Waals surface area contributed by atoms with Gasteiger partial charge in [0.1, 0.15) is 11.6 Å². The summed E-state index contributed by atoms with van der Waals surface area (Å²) < 4.78 is 70.0. The van der Waals surface area contributed by atoms with Gasteiger partial charge in [0.2, 0.25) is 5.91 Å². The van der Waals surface area contributed by atoms with Crippen LogP contribution >= 0.6 is 0 Å². The summed E-state index contributed by atoms with van der Waals surface area (Å²) in [5.74, 6) is -1.26. The highest BCUT2D eigenvalue weighted by Crippen LogP contribution is 2.37. The molecule has 0 fully saturated rings. The SMILES string of the molecule is CC(C)(Cc1ccc(C(F)(F)F)c(-c2nc(-c3ccc(OC(F)F)cn3)cc(=O)[nH]2)c1)C(N)=O. The van der Waals surface area contributed by atoms with Crippen molar-refractivity contribution in [3.63, 3.8) is 0 Å². The van der Waals surface area contributed by atoms with Gasteiger partial charge in [-0.25, -0.2) is 4.98 Å². The Kier molecular flexibility index (Phi) is 6.71. The first kappa shape index (κ1) is 24.8. The predicted octanol–water partition coefficient (Wildman–Crippen LogP) is 4.17. The van der Waals surface area contributed by atoms with Crippen LogP contribution in [-0.2, 0) is 17.4 Å². The van der Waals surface area contributed by atoms with Gasteiger partial charge in [0.15, 0.2) is 0 Å².